The molecule has 0 bridgehead atoms. The number of pyridine rings is 1. The Balaban J connectivity index is 2.65. The van der Waals surface area contributed by atoms with E-state index in [1.165, 1.54) is 0 Å². The predicted octanol–water partition coefficient (Wildman–Crippen LogP) is 1.16. The van der Waals surface area contributed by atoms with E-state index in [4.69, 9.17) is 10.4 Å². The van der Waals surface area contributed by atoms with Gasteiger partial charge in [-0.05, 0) is 30.7 Å². The average Bonchev–Trinajstić information content (AvgIpc) is 2.30. The minimum atomic E-state index is 0.163. The Kier molecular flexibility index (Phi) is 5.48. The molecule has 0 aliphatic carbocycles. The second kappa shape index (κ2) is 6.94. The molecule has 86 valence electrons. The zero-order valence-electron chi connectivity index (χ0n) is 9.56. The van der Waals surface area contributed by atoms with Crippen LogP contribution in [0.3, 0.4) is 0 Å². The van der Waals surface area contributed by atoms with E-state index in [0.717, 1.165) is 25.1 Å². The zero-order valence-corrected chi connectivity index (χ0v) is 9.56. The molecule has 4 heteroatoms. The van der Waals surface area contributed by atoms with Gasteiger partial charge in [0, 0.05) is 19.3 Å². The van der Waals surface area contributed by atoms with E-state index in [0.29, 0.717) is 12.2 Å². The lowest BCUT2D eigenvalue weighted by atomic mass is 10.2. The second-order valence-electron chi connectivity index (χ2n) is 3.66. The molecule has 1 heterocycles. The lowest BCUT2D eigenvalue weighted by molar-refractivity contribution is 0.190. The van der Waals surface area contributed by atoms with Crippen molar-refractivity contribution in [1.82, 2.24) is 9.88 Å². The summed E-state index contributed by atoms with van der Waals surface area (Å²) in [5.41, 5.74) is 1.51. The van der Waals surface area contributed by atoms with E-state index in [2.05, 4.69) is 16.8 Å². The summed E-state index contributed by atoms with van der Waals surface area (Å²) in [7, 11) is 0. The minimum absolute atomic E-state index is 0.163. The van der Waals surface area contributed by atoms with Gasteiger partial charge in [0.15, 0.2) is 0 Å². The maximum atomic E-state index is 8.94. The molecule has 1 rings (SSSR count). The summed E-state index contributed by atoms with van der Waals surface area (Å²) in [6, 6.07) is 5.72. The van der Waals surface area contributed by atoms with Crippen LogP contribution in [0.2, 0.25) is 0 Å². The molecule has 0 spiro atoms. The Hall–Kier alpha value is -1.44. The first-order chi connectivity index (χ1) is 7.80. The number of rotatable bonds is 6. The predicted molar refractivity (Wildman–Crippen MR) is 61.6 cm³/mol. The van der Waals surface area contributed by atoms with E-state index in [1.54, 1.807) is 12.3 Å². The SMILES string of the molecule is CCCN(CCO)Cc1ccnc(C#N)c1. The first-order valence-electron chi connectivity index (χ1n) is 5.48. The van der Waals surface area contributed by atoms with Crippen LogP contribution < -0.4 is 0 Å². The summed E-state index contributed by atoms with van der Waals surface area (Å²) >= 11 is 0. The van der Waals surface area contributed by atoms with Crippen molar-refractivity contribution in [3.05, 3.63) is 29.6 Å². The summed E-state index contributed by atoms with van der Waals surface area (Å²) in [5.74, 6) is 0. The highest BCUT2D eigenvalue weighted by molar-refractivity contribution is 5.25. The van der Waals surface area contributed by atoms with Crippen LogP contribution in [0, 0.1) is 11.3 Å². The molecule has 0 saturated heterocycles. The van der Waals surface area contributed by atoms with Crippen LogP contribution in [0.1, 0.15) is 24.6 Å². The fourth-order valence-corrected chi connectivity index (χ4v) is 1.62. The zero-order chi connectivity index (χ0) is 11.8. The van der Waals surface area contributed by atoms with Crippen molar-refractivity contribution in [3.63, 3.8) is 0 Å². The molecule has 0 aromatic carbocycles. The average molecular weight is 219 g/mol. The maximum absolute atomic E-state index is 8.94. The van der Waals surface area contributed by atoms with Gasteiger partial charge in [-0.2, -0.15) is 5.26 Å². The van der Waals surface area contributed by atoms with Crippen molar-refractivity contribution in [1.29, 1.82) is 5.26 Å². The van der Waals surface area contributed by atoms with Gasteiger partial charge in [0.2, 0.25) is 0 Å². The number of aromatic nitrogens is 1. The van der Waals surface area contributed by atoms with Crippen LogP contribution in [0.15, 0.2) is 18.3 Å². The Bertz CT molecular complexity index is 354. The van der Waals surface area contributed by atoms with E-state index >= 15 is 0 Å². The molecule has 1 N–H and O–H groups in total. The summed E-state index contributed by atoms with van der Waals surface area (Å²) in [4.78, 5) is 6.09. The van der Waals surface area contributed by atoms with Gasteiger partial charge < -0.3 is 5.11 Å². The normalized spacial score (nSPS) is 10.4. The van der Waals surface area contributed by atoms with E-state index < -0.39 is 0 Å². The van der Waals surface area contributed by atoms with Gasteiger partial charge in [0.25, 0.3) is 0 Å². The molecule has 1 aromatic rings. The highest BCUT2D eigenvalue weighted by atomic mass is 16.3. The lowest BCUT2D eigenvalue weighted by Crippen LogP contribution is -2.27. The van der Waals surface area contributed by atoms with E-state index in [1.807, 2.05) is 12.1 Å². The highest BCUT2D eigenvalue weighted by Crippen LogP contribution is 2.06. The van der Waals surface area contributed by atoms with E-state index in [9.17, 15) is 0 Å². The van der Waals surface area contributed by atoms with Crippen LogP contribution in [0.25, 0.3) is 0 Å². The Morgan fingerprint density at radius 2 is 2.31 bits per heavy atom. The van der Waals surface area contributed by atoms with E-state index in [-0.39, 0.29) is 6.61 Å². The number of nitrogens with zero attached hydrogens (tertiary/aromatic N) is 3. The van der Waals surface area contributed by atoms with Gasteiger partial charge >= 0.3 is 0 Å². The molecule has 0 amide bonds. The van der Waals surface area contributed by atoms with Gasteiger partial charge in [-0.1, -0.05) is 6.92 Å². The van der Waals surface area contributed by atoms with Crippen LogP contribution >= 0.6 is 0 Å². The minimum Gasteiger partial charge on any atom is -0.395 e. The van der Waals surface area contributed by atoms with Gasteiger partial charge in [-0.25, -0.2) is 4.98 Å². The van der Waals surface area contributed by atoms with Crippen molar-refractivity contribution in [2.75, 3.05) is 19.7 Å². The fraction of sp³-hybridized carbons (Fsp3) is 0.500. The van der Waals surface area contributed by atoms with Crippen molar-refractivity contribution in [2.24, 2.45) is 0 Å². The number of nitriles is 1. The van der Waals surface area contributed by atoms with Crippen LogP contribution in [0.5, 0.6) is 0 Å². The fourth-order valence-electron chi connectivity index (χ4n) is 1.62. The summed E-state index contributed by atoms with van der Waals surface area (Å²) in [5, 5.41) is 17.7. The third kappa shape index (κ3) is 3.97. The summed E-state index contributed by atoms with van der Waals surface area (Å²) in [6.45, 7) is 4.64. The largest absolute Gasteiger partial charge is 0.395 e. The van der Waals surface area contributed by atoms with Crippen molar-refractivity contribution < 1.29 is 5.11 Å². The Morgan fingerprint density at radius 3 is 2.94 bits per heavy atom. The quantitative estimate of drug-likeness (QED) is 0.780. The molecule has 4 nitrogen and oxygen atoms in total. The topological polar surface area (TPSA) is 60.1 Å². The molecule has 0 radical (unpaired) electrons. The smallest absolute Gasteiger partial charge is 0.140 e. The molecular formula is C12H17N3O. The van der Waals surface area contributed by atoms with Crippen molar-refractivity contribution in [2.45, 2.75) is 19.9 Å². The number of aliphatic hydroxyl groups is 1. The second-order valence-corrected chi connectivity index (χ2v) is 3.66. The van der Waals surface area contributed by atoms with Gasteiger partial charge in [0.1, 0.15) is 11.8 Å². The molecule has 0 fully saturated rings. The van der Waals surface area contributed by atoms with Crippen molar-refractivity contribution >= 4 is 0 Å². The molecule has 0 aliphatic rings. The first-order valence-corrected chi connectivity index (χ1v) is 5.48. The molecule has 0 atom stereocenters. The number of aliphatic hydroxyl groups excluding tert-OH is 1. The molecule has 0 unspecified atom stereocenters. The third-order valence-electron chi connectivity index (χ3n) is 2.30. The number of hydrogen-bond acceptors (Lipinski definition) is 4. The summed E-state index contributed by atoms with van der Waals surface area (Å²) < 4.78 is 0. The monoisotopic (exact) mass is 219 g/mol. The maximum Gasteiger partial charge on any atom is 0.140 e. The first kappa shape index (κ1) is 12.6. The molecule has 16 heavy (non-hydrogen) atoms. The molecular weight excluding hydrogens is 202 g/mol. The highest BCUT2D eigenvalue weighted by Gasteiger charge is 2.05. The molecule has 0 saturated carbocycles. The van der Waals surface area contributed by atoms with Gasteiger partial charge in [-0.3, -0.25) is 4.90 Å². The molecule has 1 aromatic heterocycles. The van der Waals surface area contributed by atoms with Crippen molar-refractivity contribution in [3.8, 4) is 6.07 Å². The van der Waals surface area contributed by atoms with Gasteiger partial charge in [0.05, 0.1) is 6.61 Å². The number of hydrogen-bond donors (Lipinski definition) is 1. The summed E-state index contributed by atoms with van der Waals surface area (Å²) in [6.07, 6.45) is 2.70. The van der Waals surface area contributed by atoms with Gasteiger partial charge in [-0.15, -0.1) is 0 Å². The Labute approximate surface area is 96.2 Å². The lowest BCUT2D eigenvalue weighted by Gasteiger charge is -2.20. The van der Waals surface area contributed by atoms with Crippen LogP contribution in [-0.4, -0.2) is 34.7 Å². The van der Waals surface area contributed by atoms with Crippen LogP contribution in [0.4, 0.5) is 0 Å². The third-order valence-corrected chi connectivity index (χ3v) is 2.30. The standard InChI is InChI=1S/C12H17N3O/c1-2-5-15(6-7-16)10-11-3-4-14-12(8-11)9-13/h3-4,8,16H,2,5-7,10H2,1H3. The molecule has 0 aliphatic heterocycles. The van der Waals surface area contributed by atoms with Crippen LogP contribution in [-0.2, 0) is 6.54 Å². The Morgan fingerprint density at radius 1 is 1.50 bits per heavy atom.